The lowest BCUT2D eigenvalue weighted by Gasteiger charge is -2.38. The molecule has 0 amide bonds. The number of nitrogens with one attached hydrogen (secondary N) is 2. The lowest BCUT2D eigenvalue weighted by molar-refractivity contribution is 0.0513. The summed E-state index contributed by atoms with van der Waals surface area (Å²) in [5.74, 6) is 0.564. The number of aliphatic imine (C=N–C) groups is 1. The number of ether oxygens (including phenoxy) is 1. The van der Waals surface area contributed by atoms with Crippen molar-refractivity contribution in [1.82, 2.24) is 15.6 Å². The minimum absolute atomic E-state index is 0. The molecule has 160 valence electrons. The zero-order valence-electron chi connectivity index (χ0n) is 17.3. The molecule has 2 N–H and O–H groups in total. The largest absolute Gasteiger partial charge is 0.381 e. The van der Waals surface area contributed by atoms with E-state index in [4.69, 9.17) is 9.73 Å². The van der Waals surface area contributed by atoms with E-state index in [1.807, 2.05) is 19.9 Å². The molecule has 29 heavy (non-hydrogen) atoms. The van der Waals surface area contributed by atoms with Crippen LogP contribution in [-0.4, -0.2) is 37.2 Å². The molecule has 0 radical (unpaired) electrons. The Labute approximate surface area is 193 Å². The second kappa shape index (κ2) is 11.2. The topological polar surface area (TPSA) is 58.5 Å². The van der Waals surface area contributed by atoms with Crippen molar-refractivity contribution in [3.63, 3.8) is 0 Å². The predicted molar refractivity (Wildman–Crippen MR) is 128 cm³/mol. The van der Waals surface area contributed by atoms with E-state index in [1.54, 1.807) is 23.5 Å². The lowest BCUT2D eigenvalue weighted by atomic mass is 9.74. The van der Waals surface area contributed by atoms with Gasteiger partial charge in [-0.05, 0) is 51.3 Å². The smallest absolute Gasteiger partial charge is 0.191 e. The predicted octanol–water partition coefficient (Wildman–Crippen LogP) is 4.32. The molecule has 1 fully saturated rings. The summed E-state index contributed by atoms with van der Waals surface area (Å²) in [7, 11) is 0. The normalized spacial score (nSPS) is 16.2. The average molecular weight is 532 g/mol. The van der Waals surface area contributed by atoms with Crippen molar-refractivity contribution in [3.05, 3.63) is 51.2 Å². The molecule has 1 aromatic carbocycles. The van der Waals surface area contributed by atoms with Gasteiger partial charge in [-0.25, -0.2) is 14.4 Å². The third-order valence-electron chi connectivity index (χ3n) is 5.27. The van der Waals surface area contributed by atoms with Crippen LogP contribution < -0.4 is 10.6 Å². The second-order valence-electron chi connectivity index (χ2n) is 7.20. The van der Waals surface area contributed by atoms with Crippen LogP contribution in [0.25, 0.3) is 0 Å². The van der Waals surface area contributed by atoms with Gasteiger partial charge in [-0.2, -0.15) is 0 Å². The fourth-order valence-electron chi connectivity index (χ4n) is 3.50. The van der Waals surface area contributed by atoms with Crippen molar-refractivity contribution in [3.8, 4) is 0 Å². The molecule has 0 aliphatic carbocycles. The zero-order chi connectivity index (χ0) is 20.0. The van der Waals surface area contributed by atoms with E-state index in [9.17, 15) is 4.39 Å². The first-order chi connectivity index (χ1) is 13.5. The molecule has 1 aromatic heterocycles. The van der Waals surface area contributed by atoms with Gasteiger partial charge in [0.25, 0.3) is 0 Å². The number of benzene rings is 1. The third-order valence-corrected chi connectivity index (χ3v) is 6.33. The maximum atomic E-state index is 13.9. The Morgan fingerprint density at radius 3 is 2.66 bits per heavy atom. The van der Waals surface area contributed by atoms with Gasteiger partial charge in [-0.1, -0.05) is 12.1 Å². The van der Waals surface area contributed by atoms with E-state index >= 15 is 0 Å². The van der Waals surface area contributed by atoms with Crippen molar-refractivity contribution in [2.24, 2.45) is 4.99 Å². The monoisotopic (exact) mass is 532 g/mol. The summed E-state index contributed by atoms with van der Waals surface area (Å²) in [6.45, 7) is 9.52. The molecule has 1 saturated heterocycles. The third kappa shape index (κ3) is 6.36. The SMILES string of the molecule is CCNC(=NCc1nc(C)c(C)s1)NCC1(c2cccc(F)c2)CCOCC1.I. The Morgan fingerprint density at radius 1 is 1.28 bits per heavy atom. The number of halogens is 2. The van der Waals surface area contributed by atoms with E-state index in [1.165, 1.54) is 10.9 Å². The van der Waals surface area contributed by atoms with E-state index in [-0.39, 0.29) is 35.2 Å². The summed E-state index contributed by atoms with van der Waals surface area (Å²) < 4.78 is 19.4. The molecule has 3 rings (SSSR count). The van der Waals surface area contributed by atoms with Crippen LogP contribution in [0.1, 0.15) is 40.9 Å². The number of rotatable bonds is 6. The van der Waals surface area contributed by atoms with Crippen molar-refractivity contribution in [2.45, 2.75) is 45.6 Å². The maximum absolute atomic E-state index is 13.9. The van der Waals surface area contributed by atoms with E-state index in [0.717, 1.165) is 41.6 Å². The van der Waals surface area contributed by atoms with Gasteiger partial charge >= 0.3 is 0 Å². The van der Waals surface area contributed by atoms with Crippen molar-refractivity contribution in [2.75, 3.05) is 26.3 Å². The fourth-order valence-corrected chi connectivity index (χ4v) is 4.35. The van der Waals surface area contributed by atoms with Crippen LogP contribution in [0.2, 0.25) is 0 Å². The molecule has 0 atom stereocenters. The molecular weight excluding hydrogens is 502 g/mol. The quantitative estimate of drug-likeness (QED) is 0.331. The highest BCUT2D eigenvalue weighted by Crippen LogP contribution is 2.34. The number of hydrogen-bond acceptors (Lipinski definition) is 4. The Balaban J connectivity index is 0.00000300. The summed E-state index contributed by atoms with van der Waals surface area (Å²) in [6, 6.07) is 6.95. The van der Waals surface area contributed by atoms with E-state index in [2.05, 4.69) is 22.5 Å². The molecule has 0 saturated carbocycles. The number of nitrogens with zero attached hydrogens (tertiary/aromatic N) is 2. The summed E-state index contributed by atoms with van der Waals surface area (Å²) >= 11 is 1.69. The molecule has 2 heterocycles. The number of aromatic nitrogens is 1. The van der Waals surface area contributed by atoms with Crippen molar-refractivity contribution < 1.29 is 9.13 Å². The highest BCUT2D eigenvalue weighted by atomic mass is 127. The van der Waals surface area contributed by atoms with Crippen molar-refractivity contribution >= 4 is 41.3 Å². The van der Waals surface area contributed by atoms with Gasteiger partial charge in [-0.15, -0.1) is 35.3 Å². The van der Waals surface area contributed by atoms with Crippen LogP contribution >= 0.6 is 35.3 Å². The van der Waals surface area contributed by atoms with Gasteiger partial charge in [0.15, 0.2) is 5.96 Å². The summed E-state index contributed by atoms with van der Waals surface area (Å²) in [6.07, 6.45) is 1.71. The number of thiazole rings is 1. The summed E-state index contributed by atoms with van der Waals surface area (Å²) in [4.78, 5) is 10.5. The molecule has 1 aliphatic heterocycles. The Kier molecular flexibility index (Phi) is 9.29. The summed E-state index contributed by atoms with van der Waals surface area (Å²) in [5, 5.41) is 7.80. The average Bonchev–Trinajstić information content (AvgIpc) is 3.02. The molecule has 1 aliphatic rings. The highest BCUT2D eigenvalue weighted by molar-refractivity contribution is 14.0. The number of aryl methyl sites for hydroxylation is 2. The standard InChI is InChI=1S/C21H29FN4OS.HI/c1-4-23-20(24-13-19-26-15(2)16(3)28-19)25-14-21(8-10-27-11-9-21)17-6-5-7-18(22)12-17;/h5-7,12H,4,8-11,13-14H2,1-3H3,(H2,23,24,25);1H. The van der Waals surface area contributed by atoms with Crippen LogP contribution in [0, 0.1) is 19.7 Å². The van der Waals surface area contributed by atoms with E-state index in [0.29, 0.717) is 26.3 Å². The van der Waals surface area contributed by atoms with Gasteiger partial charge in [0.05, 0.1) is 12.2 Å². The second-order valence-corrected chi connectivity index (χ2v) is 8.49. The van der Waals surface area contributed by atoms with Gasteiger partial charge in [0, 0.05) is 36.6 Å². The van der Waals surface area contributed by atoms with Gasteiger partial charge < -0.3 is 15.4 Å². The minimum atomic E-state index is -0.196. The molecule has 0 bridgehead atoms. The number of guanidine groups is 1. The molecule has 0 unspecified atom stereocenters. The molecule has 8 heteroatoms. The lowest BCUT2D eigenvalue weighted by Crippen LogP contribution is -2.48. The Bertz CT molecular complexity index is 801. The number of hydrogen-bond donors (Lipinski definition) is 2. The molecule has 5 nitrogen and oxygen atoms in total. The van der Waals surface area contributed by atoms with Crippen LogP contribution in [-0.2, 0) is 16.7 Å². The van der Waals surface area contributed by atoms with Gasteiger partial charge in [0.1, 0.15) is 10.8 Å². The first-order valence-electron chi connectivity index (χ1n) is 9.81. The summed E-state index contributed by atoms with van der Waals surface area (Å²) in [5.41, 5.74) is 1.93. The van der Waals surface area contributed by atoms with Crippen LogP contribution in [0.15, 0.2) is 29.3 Å². The Morgan fingerprint density at radius 2 is 2.03 bits per heavy atom. The van der Waals surface area contributed by atoms with Crippen LogP contribution in [0.5, 0.6) is 0 Å². The molecule has 2 aromatic rings. The highest BCUT2D eigenvalue weighted by Gasteiger charge is 2.35. The first-order valence-corrected chi connectivity index (χ1v) is 10.6. The van der Waals surface area contributed by atoms with Gasteiger partial charge in [-0.3, -0.25) is 0 Å². The Hall–Kier alpha value is -1.26. The fraction of sp³-hybridized carbons (Fsp3) is 0.524. The van der Waals surface area contributed by atoms with Crippen LogP contribution in [0.3, 0.4) is 0 Å². The molecular formula is C21H30FIN4OS. The molecule has 0 spiro atoms. The maximum Gasteiger partial charge on any atom is 0.191 e. The van der Waals surface area contributed by atoms with Crippen LogP contribution in [0.4, 0.5) is 4.39 Å². The minimum Gasteiger partial charge on any atom is -0.381 e. The first kappa shape index (κ1) is 24.0. The van der Waals surface area contributed by atoms with Gasteiger partial charge in [0.2, 0.25) is 0 Å². The van der Waals surface area contributed by atoms with E-state index < -0.39 is 0 Å². The zero-order valence-corrected chi connectivity index (χ0v) is 20.4. The van der Waals surface area contributed by atoms with Crippen molar-refractivity contribution in [1.29, 1.82) is 0 Å².